The second-order valence-electron chi connectivity index (χ2n) is 4.46. The summed E-state index contributed by atoms with van der Waals surface area (Å²) in [6.07, 6.45) is -0.346. The maximum absolute atomic E-state index is 9.21. The van der Waals surface area contributed by atoms with Gasteiger partial charge in [0.15, 0.2) is 0 Å². The molecule has 0 aromatic carbocycles. The summed E-state index contributed by atoms with van der Waals surface area (Å²) in [7, 11) is 0. The number of aliphatic hydroxyl groups excluding tert-OH is 2. The zero-order chi connectivity index (χ0) is 12.0. The first kappa shape index (κ1) is 14.3. The van der Waals surface area contributed by atoms with E-state index in [1.807, 2.05) is 0 Å². The van der Waals surface area contributed by atoms with Gasteiger partial charge in [0.1, 0.15) is 0 Å². The molecule has 4 nitrogen and oxygen atoms in total. The number of rotatable bonds is 6. The monoisotopic (exact) mass is 249 g/mol. The fourth-order valence-corrected chi connectivity index (χ4v) is 2.68. The van der Waals surface area contributed by atoms with Crippen molar-refractivity contribution in [1.82, 2.24) is 4.90 Å². The van der Waals surface area contributed by atoms with Crippen LogP contribution in [-0.4, -0.2) is 71.2 Å². The van der Waals surface area contributed by atoms with Gasteiger partial charge in [0.2, 0.25) is 0 Å². The molecule has 1 saturated heterocycles. The van der Waals surface area contributed by atoms with Crippen molar-refractivity contribution in [3.8, 4) is 0 Å². The fraction of sp³-hybridized carbons (Fsp3) is 1.00. The summed E-state index contributed by atoms with van der Waals surface area (Å²) < 4.78 is 5.67. The van der Waals surface area contributed by atoms with Crippen molar-refractivity contribution < 1.29 is 14.9 Å². The molecule has 1 aliphatic heterocycles. The van der Waals surface area contributed by atoms with Gasteiger partial charge in [-0.3, -0.25) is 4.90 Å². The van der Waals surface area contributed by atoms with Gasteiger partial charge in [-0.05, 0) is 13.8 Å². The third kappa shape index (κ3) is 5.01. The summed E-state index contributed by atoms with van der Waals surface area (Å²) in [5, 5.41) is 17.9. The molecular weight excluding hydrogens is 226 g/mol. The van der Waals surface area contributed by atoms with E-state index < -0.39 is 6.10 Å². The van der Waals surface area contributed by atoms with Crippen LogP contribution in [0, 0.1) is 0 Å². The van der Waals surface area contributed by atoms with Crippen molar-refractivity contribution in [2.75, 3.05) is 37.8 Å². The van der Waals surface area contributed by atoms with Crippen LogP contribution in [0.25, 0.3) is 0 Å². The summed E-state index contributed by atoms with van der Waals surface area (Å²) in [6, 6.07) is 0.569. The lowest BCUT2D eigenvalue weighted by molar-refractivity contribution is -0.0265. The van der Waals surface area contributed by atoms with Gasteiger partial charge in [-0.1, -0.05) is 0 Å². The van der Waals surface area contributed by atoms with E-state index in [0.717, 1.165) is 25.4 Å². The third-order valence-corrected chi connectivity index (χ3v) is 3.95. The van der Waals surface area contributed by atoms with Crippen LogP contribution in [0.1, 0.15) is 13.8 Å². The number of morpholine rings is 1. The highest BCUT2D eigenvalue weighted by molar-refractivity contribution is 7.99. The summed E-state index contributed by atoms with van der Waals surface area (Å²) in [5.74, 6) is 1.47. The van der Waals surface area contributed by atoms with E-state index in [1.165, 1.54) is 0 Å². The molecule has 0 saturated carbocycles. The lowest BCUT2D eigenvalue weighted by atomic mass is 10.2. The molecule has 1 fully saturated rings. The smallest absolute Gasteiger partial charge is 0.0861 e. The second-order valence-corrected chi connectivity index (χ2v) is 5.53. The van der Waals surface area contributed by atoms with Crippen LogP contribution in [-0.2, 0) is 4.74 Å². The van der Waals surface area contributed by atoms with Crippen molar-refractivity contribution in [2.24, 2.45) is 0 Å². The Balaban J connectivity index is 2.17. The summed E-state index contributed by atoms with van der Waals surface area (Å²) in [6.45, 7) is 7.02. The number of nitrogens with zero attached hydrogens (tertiary/aromatic N) is 1. The Morgan fingerprint density at radius 3 is 2.88 bits per heavy atom. The first-order valence-corrected chi connectivity index (χ1v) is 7.01. The van der Waals surface area contributed by atoms with Gasteiger partial charge in [0, 0.05) is 30.6 Å². The topological polar surface area (TPSA) is 52.9 Å². The quantitative estimate of drug-likeness (QED) is 0.703. The molecule has 0 amide bonds. The summed E-state index contributed by atoms with van der Waals surface area (Å²) >= 11 is 1.64. The molecule has 1 aliphatic rings. The van der Waals surface area contributed by atoms with Crippen molar-refractivity contribution in [1.29, 1.82) is 0 Å². The van der Waals surface area contributed by atoms with E-state index in [9.17, 15) is 5.11 Å². The minimum absolute atomic E-state index is 0.156. The zero-order valence-electron chi connectivity index (χ0n) is 10.1. The van der Waals surface area contributed by atoms with Crippen LogP contribution in [0.4, 0.5) is 0 Å². The minimum atomic E-state index is -0.602. The number of ether oxygens (including phenoxy) is 1. The van der Waals surface area contributed by atoms with Crippen molar-refractivity contribution in [3.63, 3.8) is 0 Å². The van der Waals surface area contributed by atoms with Crippen molar-refractivity contribution >= 4 is 11.8 Å². The largest absolute Gasteiger partial charge is 0.394 e. The van der Waals surface area contributed by atoms with Gasteiger partial charge >= 0.3 is 0 Å². The molecule has 1 heterocycles. The molecule has 0 aromatic heterocycles. The number of aliphatic hydroxyl groups is 2. The molecule has 2 atom stereocenters. The van der Waals surface area contributed by atoms with E-state index >= 15 is 0 Å². The van der Waals surface area contributed by atoms with Crippen molar-refractivity contribution in [3.05, 3.63) is 0 Å². The molecule has 0 bridgehead atoms. The molecule has 1 rings (SSSR count). The molecule has 16 heavy (non-hydrogen) atoms. The highest BCUT2D eigenvalue weighted by Gasteiger charge is 2.22. The van der Waals surface area contributed by atoms with Crippen LogP contribution < -0.4 is 0 Å². The van der Waals surface area contributed by atoms with Crippen molar-refractivity contribution in [2.45, 2.75) is 32.1 Å². The normalized spacial score (nSPS) is 24.9. The van der Waals surface area contributed by atoms with Gasteiger partial charge in [0.05, 0.1) is 25.4 Å². The van der Waals surface area contributed by atoms with Crippen LogP contribution in [0.15, 0.2) is 0 Å². The predicted molar refractivity (Wildman–Crippen MR) is 66.9 cm³/mol. The average molecular weight is 249 g/mol. The fourth-order valence-electron chi connectivity index (χ4n) is 1.70. The van der Waals surface area contributed by atoms with E-state index in [-0.39, 0.29) is 12.7 Å². The molecule has 0 spiro atoms. The first-order valence-electron chi connectivity index (χ1n) is 5.85. The molecule has 5 heteroatoms. The van der Waals surface area contributed by atoms with Gasteiger partial charge in [0.25, 0.3) is 0 Å². The average Bonchev–Trinajstić information content (AvgIpc) is 2.29. The van der Waals surface area contributed by atoms with E-state index in [4.69, 9.17) is 9.84 Å². The number of thioether (sulfide) groups is 1. The Kier molecular flexibility index (Phi) is 6.68. The molecule has 2 unspecified atom stereocenters. The Bertz CT molecular complexity index is 192. The van der Waals surface area contributed by atoms with Crippen LogP contribution in [0.2, 0.25) is 0 Å². The standard InChI is InChI=1S/C11H23NO3S/c1-9(2)12-3-4-15-11(5-12)8-16-7-10(14)6-13/h9-11,13-14H,3-8H2,1-2H3. The Morgan fingerprint density at radius 1 is 1.50 bits per heavy atom. The van der Waals surface area contributed by atoms with Gasteiger partial charge in [-0.2, -0.15) is 11.8 Å². The summed E-state index contributed by atoms with van der Waals surface area (Å²) in [4.78, 5) is 2.41. The molecule has 0 radical (unpaired) electrons. The highest BCUT2D eigenvalue weighted by atomic mass is 32.2. The minimum Gasteiger partial charge on any atom is -0.394 e. The Labute approximate surface area is 102 Å². The van der Waals surface area contributed by atoms with Crippen LogP contribution in [0.5, 0.6) is 0 Å². The van der Waals surface area contributed by atoms with Gasteiger partial charge < -0.3 is 14.9 Å². The van der Waals surface area contributed by atoms with E-state index in [2.05, 4.69) is 18.7 Å². The molecule has 0 aromatic rings. The molecule has 2 N–H and O–H groups in total. The van der Waals surface area contributed by atoms with E-state index in [1.54, 1.807) is 11.8 Å². The molecule has 96 valence electrons. The maximum atomic E-state index is 9.21. The lowest BCUT2D eigenvalue weighted by Gasteiger charge is -2.35. The maximum Gasteiger partial charge on any atom is 0.0861 e. The Morgan fingerprint density at radius 2 is 2.25 bits per heavy atom. The number of hydrogen-bond acceptors (Lipinski definition) is 5. The van der Waals surface area contributed by atoms with E-state index in [0.29, 0.717) is 11.8 Å². The lowest BCUT2D eigenvalue weighted by Crippen LogP contribution is -2.46. The zero-order valence-corrected chi connectivity index (χ0v) is 10.9. The molecule has 0 aliphatic carbocycles. The third-order valence-electron chi connectivity index (χ3n) is 2.73. The van der Waals surface area contributed by atoms with Crippen LogP contribution in [0.3, 0.4) is 0 Å². The van der Waals surface area contributed by atoms with Gasteiger partial charge in [-0.25, -0.2) is 0 Å². The molecular formula is C11H23NO3S. The second kappa shape index (κ2) is 7.50. The van der Waals surface area contributed by atoms with Crippen LogP contribution >= 0.6 is 11.8 Å². The highest BCUT2D eigenvalue weighted by Crippen LogP contribution is 2.14. The van der Waals surface area contributed by atoms with Gasteiger partial charge in [-0.15, -0.1) is 0 Å². The summed E-state index contributed by atoms with van der Waals surface area (Å²) in [5.41, 5.74) is 0. The number of hydrogen-bond donors (Lipinski definition) is 2. The SMILES string of the molecule is CC(C)N1CCOC(CSCC(O)CO)C1. The predicted octanol–water partition coefficient (Wildman–Crippen LogP) is 0.182. The first-order chi connectivity index (χ1) is 7.63. The Hall–Kier alpha value is 0.190.